The van der Waals surface area contributed by atoms with E-state index in [2.05, 4.69) is 13.8 Å². The van der Waals surface area contributed by atoms with Crippen molar-refractivity contribution < 1.29 is 9.84 Å². The number of unbranched alkanes of at least 4 members (excludes halogenated alkanes) is 1. The lowest BCUT2D eigenvalue weighted by Crippen LogP contribution is -2.34. The fourth-order valence-corrected chi connectivity index (χ4v) is 1.93. The number of allylic oxidation sites excluding steroid dienone is 1. The Morgan fingerprint density at radius 3 is 2.62 bits per heavy atom. The molecule has 16 heavy (non-hydrogen) atoms. The molecule has 0 saturated heterocycles. The fraction of sp³-hybridized carbons (Fsp3) is 0.714. The summed E-state index contributed by atoms with van der Waals surface area (Å²) in [7, 11) is 0. The number of ether oxygens (including phenoxy) is 1. The highest BCUT2D eigenvalue weighted by Gasteiger charge is 2.20. The highest BCUT2D eigenvalue weighted by molar-refractivity contribution is 5.36. The van der Waals surface area contributed by atoms with Gasteiger partial charge in [0, 0.05) is 0 Å². The van der Waals surface area contributed by atoms with Gasteiger partial charge in [-0.1, -0.05) is 33.3 Å². The molecule has 0 heterocycles. The van der Waals surface area contributed by atoms with E-state index in [1.165, 1.54) is 0 Å². The van der Waals surface area contributed by atoms with E-state index in [4.69, 9.17) is 4.74 Å². The largest absolute Gasteiger partial charge is 0.849 e. The van der Waals surface area contributed by atoms with Crippen LogP contribution in [0.25, 0.3) is 0 Å². The van der Waals surface area contributed by atoms with Crippen molar-refractivity contribution >= 4 is 0 Å². The molecule has 0 amide bonds. The molecular formula is C14H23O2-. The first kappa shape index (κ1) is 13.3. The number of rotatable bonds is 5. The summed E-state index contributed by atoms with van der Waals surface area (Å²) in [5.41, 5.74) is 2.21. The minimum absolute atomic E-state index is 0.0620. The molecule has 0 spiro atoms. The molecule has 0 fully saturated rings. The normalized spacial score (nSPS) is 25.7. The Hall–Kier alpha value is -0.760. The van der Waals surface area contributed by atoms with E-state index in [0.717, 1.165) is 42.8 Å². The van der Waals surface area contributed by atoms with Crippen molar-refractivity contribution in [1.29, 1.82) is 0 Å². The van der Waals surface area contributed by atoms with Gasteiger partial charge in [0.1, 0.15) is 5.76 Å². The molecule has 2 atom stereocenters. The Bertz CT molecular complexity index is 289. The molecule has 0 aromatic carbocycles. The van der Waals surface area contributed by atoms with E-state index < -0.39 is 6.10 Å². The Kier molecular flexibility index (Phi) is 5.07. The van der Waals surface area contributed by atoms with Gasteiger partial charge in [0.05, 0.1) is 6.61 Å². The summed E-state index contributed by atoms with van der Waals surface area (Å²) in [4.78, 5) is 0. The van der Waals surface area contributed by atoms with Crippen molar-refractivity contribution in [2.75, 3.05) is 6.61 Å². The lowest BCUT2D eigenvalue weighted by molar-refractivity contribution is -0.412. The smallest absolute Gasteiger partial charge is 0.121 e. The fourth-order valence-electron chi connectivity index (χ4n) is 1.93. The first-order chi connectivity index (χ1) is 7.61. The maximum Gasteiger partial charge on any atom is 0.121 e. The van der Waals surface area contributed by atoms with Gasteiger partial charge in [-0.15, -0.1) is 6.10 Å². The first-order valence-corrected chi connectivity index (χ1v) is 6.32. The molecule has 0 N–H and O–H groups in total. The van der Waals surface area contributed by atoms with Gasteiger partial charge in [-0.3, -0.25) is 0 Å². The Morgan fingerprint density at radius 2 is 2.06 bits per heavy atom. The van der Waals surface area contributed by atoms with Crippen molar-refractivity contribution in [3.05, 3.63) is 23.0 Å². The predicted octanol–water partition coefficient (Wildman–Crippen LogP) is 2.79. The zero-order chi connectivity index (χ0) is 12.1. The van der Waals surface area contributed by atoms with E-state index in [1.54, 1.807) is 0 Å². The zero-order valence-corrected chi connectivity index (χ0v) is 10.9. The Morgan fingerprint density at radius 1 is 1.38 bits per heavy atom. The van der Waals surface area contributed by atoms with Gasteiger partial charge in [-0.05, 0) is 36.8 Å². The minimum Gasteiger partial charge on any atom is -0.849 e. The molecule has 2 nitrogen and oxygen atoms in total. The molecule has 92 valence electrons. The maximum absolute atomic E-state index is 11.8. The van der Waals surface area contributed by atoms with Crippen LogP contribution < -0.4 is 5.11 Å². The predicted molar refractivity (Wildman–Crippen MR) is 64.9 cm³/mol. The molecule has 1 rings (SSSR count). The summed E-state index contributed by atoms with van der Waals surface area (Å²) in [6, 6.07) is 0. The van der Waals surface area contributed by atoms with Crippen LogP contribution in [0.5, 0.6) is 0 Å². The van der Waals surface area contributed by atoms with Gasteiger partial charge in [0.25, 0.3) is 0 Å². The third-order valence-electron chi connectivity index (χ3n) is 3.32. The van der Waals surface area contributed by atoms with Crippen molar-refractivity contribution in [1.82, 2.24) is 0 Å². The van der Waals surface area contributed by atoms with Gasteiger partial charge >= 0.3 is 0 Å². The van der Waals surface area contributed by atoms with Crippen molar-refractivity contribution in [3.8, 4) is 0 Å². The van der Waals surface area contributed by atoms with E-state index >= 15 is 0 Å². The average Bonchev–Trinajstić information content (AvgIpc) is 2.29. The van der Waals surface area contributed by atoms with Crippen LogP contribution in [-0.2, 0) is 4.74 Å². The molecule has 1 aliphatic carbocycles. The lowest BCUT2D eigenvalue weighted by atomic mass is 9.86. The second-order valence-electron chi connectivity index (χ2n) is 4.51. The SMILES string of the molecule is CCCCOC1=C(C)C(C)C([O-])C=C1CC. The summed E-state index contributed by atoms with van der Waals surface area (Å²) in [5, 5.41) is 11.8. The number of hydrogen-bond acceptors (Lipinski definition) is 2. The zero-order valence-electron chi connectivity index (χ0n) is 10.9. The summed E-state index contributed by atoms with van der Waals surface area (Å²) in [6.07, 6.45) is 4.32. The Labute approximate surface area is 99.0 Å². The minimum atomic E-state index is -0.603. The van der Waals surface area contributed by atoms with Crippen LogP contribution in [0.15, 0.2) is 23.0 Å². The van der Waals surface area contributed by atoms with Crippen LogP contribution in [0.3, 0.4) is 0 Å². The Balaban J connectivity index is 2.79. The van der Waals surface area contributed by atoms with Gasteiger partial charge in [0.15, 0.2) is 0 Å². The average molecular weight is 223 g/mol. The molecule has 2 heteroatoms. The molecule has 1 aliphatic rings. The van der Waals surface area contributed by atoms with Crippen molar-refractivity contribution in [3.63, 3.8) is 0 Å². The van der Waals surface area contributed by atoms with Gasteiger partial charge in [-0.2, -0.15) is 0 Å². The van der Waals surface area contributed by atoms with E-state index in [-0.39, 0.29) is 5.92 Å². The molecule has 2 unspecified atom stereocenters. The topological polar surface area (TPSA) is 32.3 Å². The molecule has 0 bridgehead atoms. The summed E-state index contributed by atoms with van der Waals surface area (Å²) >= 11 is 0. The third kappa shape index (κ3) is 2.88. The highest BCUT2D eigenvalue weighted by Crippen LogP contribution is 2.31. The quantitative estimate of drug-likeness (QED) is 0.671. The first-order valence-electron chi connectivity index (χ1n) is 6.32. The van der Waals surface area contributed by atoms with Gasteiger partial charge in [0.2, 0.25) is 0 Å². The van der Waals surface area contributed by atoms with Gasteiger partial charge < -0.3 is 9.84 Å². The summed E-state index contributed by atoms with van der Waals surface area (Å²) in [5.74, 6) is 1.04. The van der Waals surface area contributed by atoms with E-state index in [9.17, 15) is 5.11 Å². The van der Waals surface area contributed by atoms with E-state index in [1.807, 2.05) is 19.9 Å². The van der Waals surface area contributed by atoms with E-state index in [0.29, 0.717) is 0 Å². The standard InChI is InChI=1S/C14H23O2/c1-5-7-8-16-14-11(4)10(3)13(15)9-12(14)6-2/h9-10,13H,5-8H2,1-4H3/q-1. The lowest BCUT2D eigenvalue weighted by Gasteiger charge is -2.34. The van der Waals surface area contributed by atoms with Crippen molar-refractivity contribution in [2.45, 2.75) is 53.1 Å². The van der Waals surface area contributed by atoms with Crippen LogP contribution >= 0.6 is 0 Å². The van der Waals surface area contributed by atoms with Crippen LogP contribution in [0.1, 0.15) is 47.0 Å². The van der Waals surface area contributed by atoms with Crippen molar-refractivity contribution in [2.24, 2.45) is 5.92 Å². The molecule has 0 aliphatic heterocycles. The third-order valence-corrected chi connectivity index (χ3v) is 3.32. The summed E-state index contributed by atoms with van der Waals surface area (Å²) < 4.78 is 5.83. The van der Waals surface area contributed by atoms with Crippen LogP contribution in [0.4, 0.5) is 0 Å². The van der Waals surface area contributed by atoms with Crippen LogP contribution in [0, 0.1) is 5.92 Å². The maximum atomic E-state index is 11.8. The molecule has 0 saturated carbocycles. The number of hydrogen-bond donors (Lipinski definition) is 0. The van der Waals surface area contributed by atoms with Crippen LogP contribution in [0.2, 0.25) is 0 Å². The molecule has 0 aromatic heterocycles. The molecular weight excluding hydrogens is 200 g/mol. The van der Waals surface area contributed by atoms with Gasteiger partial charge in [-0.25, -0.2) is 0 Å². The highest BCUT2D eigenvalue weighted by atomic mass is 16.5. The second-order valence-corrected chi connectivity index (χ2v) is 4.51. The molecule has 0 aromatic rings. The van der Waals surface area contributed by atoms with Crippen LogP contribution in [-0.4, -0.2) is 12.7 Å². The second kappa shape index (κ2) is 6.09. The monoisotopic (exact) mass is 223 g/mol. The summed E-state index contributed by atoms with van der Waals surface area (Å²) in [6.45, 7) is 9.00. The molecule has 0 radical (unpaired) electrons.